The van der Waals surface area contributed by atoms with Gasteiger partial charge in [-0.1, -0.05) is 0 Å². The van der Waals surface area contributed by atoms with Gasteiger partial charge in [0.1, 0.15) is 5.75 Å². The van der Waals surface area contributed by atoms with Crippen molar-refractivity contribution in [3.05, 3.63) is 24.3 Å². The number of carbonyl (C=O) groups excluding carboxylic acids is 3. The molecule has 3 aliphatic rings. The molecular weight excluding hydrogens is 412 g/mol. The van der Waals surface area contributed by atoms with E-state index >= 15 is 0 Å². The molecule has 3 amide bonds. The first-order chi connectivity index (χ1) is 15.6. The molecular formula is C23H32N4O5. The number of ether oxygens (including phenoxy) is 2. The van der Waals surface area contributed by atoms with Gasteiger partial charge in [-0.2, -0.15) is 0 Å². The number of morpholine rings is 1. The van der Waals surface area contributed by atoms with E-state index in [1.54, 1.807) is 29.2 Å². The summed E-state index contributed by atoms with van der Waals surface area (Å²) in [6.45, 7) is 6.62. The Morgan fingerprint density at radius 3 is 2.50 bits per heavy atom. The molecule has 9 nitrogen and oxygen atoms in total. The van der Waals surface area contributed by atoms with Crippen molar-refractivity contribution in [2.45, 2.75) is 19.3 Å². The van der Waals surface area contributed by atoms with Gasteiger partial charge in [-0.05, 0) is 37.1 Å². The number of amides is 3. The summed E-state index contributed by atoms with van der Waals surface area (Å²) in [6.07, 6.45) is 2.32. The third-order valence-electron chi connectivity index (χ3n) is 6.30. The van der Waals surface area contributed by atoms with Crippen LogP contribution < -0.4 is 15.0 Å². The number of benzene rings is 1. The number of hydrogen-bond acceptors (Lipinski definition) is 6. The monoisotopic (exact) mass is 444 g/mol. The van der Waals surface area contributed by atoms with E-state index in [0.717, 1.165) is 64.5 Å². The van der Waals surface area contributed by atoms with Crippen LogP contribution in [0, 0.1) is 5.92 Å². The third-order valence-corrected chi connectivity index (χ3v) is 6.30. The highest BCUT2D eigenvalue weighted by molar-refractivity contribution is 6.00. The third kappa shape index (κ3) is 5.77. The maximum Gasteiger partial charge on any atom is 0.260 e. The van der Waals surface area contributed by atoms with Crippen molar-refractivity contribution in [3.63, 3.8) is 0 Å². The number of anilines is 1. The molecule has 1 N–H and O–H groups in total. The van der Waals surface area contributed by atoms with Crippen LogP contribution in [0.2, 0.25) is 0 Å². The number of nitrogens with one attached hydrogen (secondary N) is 1. The summed E-state index contributed by atoms with van der Waals surface area (Å²) < 4.78 is 10.9. The summed E-state index contributed by atoms with van der Waals surface area (Å²) in [4.78, 5) is 42.9. The fourth-order valence-electron chi connectivity index (χ4n) is 4.36. The second-order valence-corrected chi connectivity index (χ2v) is 8.52. The van der Waals surface area contributed by atoms with Crippen LogP contribution in [0.4, 0.5) is 5.69 Å². The van der Waals surface area contributed by atoms with E-state index < -0.39 is 0 Å². The Morgan fingerprint density at radius 1 is 1.06 bits per heavy atom. The topological polar surface area (TPSA) is 91.4 Å². The van der Waals surface area contributed by atoms with E-state index in [9.17, 15) is 14.4 Å². The van der Waals surface area contributed by atoms with Crippen molar-refractivity contribution < 1.29 is 23.9 Å². The van der Waals surface area contributed by atoms with Gasteiger partial charge in [-0.15, -0.1) is 0 Å². The Balaban J connectivity index is 1.22. The molecule has 3 aliphatic heterocycles. The van der Waals surface area contributed by atoms with E-state index in [4.69, 9.17) is 9.47 Å². The normalized spacial score (nSPS) is 21.8. The van der Waals surface area contributed by atoms with Crippen molar-refractivity contribution in [1.29, 1.82) is 0 Å². The molecule has 3 saturated heterocycles. The zero-order chi connectivity index (χ0) is 22.3. The maximum absolute atomic E-state index is 12.5. The fourth-order valence-corrected chi connectivity index (χ4v) is 4.36. The van der Waals surface area contributed by atoms with Gasteiger partial charge in [0.05, 0.1) is 19.1 Å². The molecule has 0 saturated carbocycles. The smallest absolute Gasteiger partial charge is 0.260 e. The lowest BCUT2D eigenvalue weighted by Crippen LogP contribution is -2.42. The molecule has 4 rings (SSSR count). The first-order valence-corrected chi connectivity index (χ1v) is 11.5. The standard InChI is InChI=1S/C23H32N4O5/c28-21-15-18(23(30)24-7-10-25-11-13-31-14-12-25)16-27(21)19-3-5-20(6-4-19)32-17-22(29)26-8-1-2-9-26/h3-6,18H,1-2,7-17H2,(H,24,30)/t18-/m0/s1. The Labute approximate surface area is 188 Å². The predicted octanol–water partition coefficient (Wildman–Crippen LogP) is 0.489. The molecule has 0 aromatic heterocycles. The van der Waals surface area contributed by atoms with E-state index in [1.807, 2.05) is 4.90 Å². The highest BCUT2D eigenvalue weighted by Crippen LogP contribution is 2.27. The Kier molecular flexibility index (Phi) is 7.59. The molecule has 3 heterocycles. The minimum absolute atomic E-state index is 0.00349. The van der Waals surface area contributed by atoms with Crippen LogP contribution in [0.25, 0.3) is 0 Å². The minimum Gasteiger partial charge on any atom is -0.484 e. The lowest BCUT2D eigenvalue weighted by atomic mass is 10.1. The summed E-state index contributed by atoms with van der Waals surface area (Å²) in [5.74, 6) is 0.112. The number of rotatable bonds is 8. The van der Waals surface area contributed by atoms with Gasteiger partial charge in [-0.25, -0.2) is 0 Å². The van der Waals surface area contributed by atoms with Gasteiger partial charge in [-0.3, -0.25) is 19.3 Å². The van der Waals surface area contributed by atoms with E-state index in [0.29, 0.717) is 18.8 Å². The number of nitrogens with zero attached hydrogens (tertiary/aromatic N) is 3. The molecule has 174 valence electrons. The largest absolute Gasteiger partial charge is 0.484 e. The summed E-state index contributed by atoms with van der Waals surface area (Å²) >= 11 is 0. The summed E-state index contributed by atoms with van der Waals surface area (Å²) in [5, 5.41) is 2.97. The van der Waals surface area contributed by atoms with Crippen molar-refractivity contribution in [1.82, 2.24) is 15.1 Å². The van der Waals surface area contributed by atoms with Gasteiger partial charge in [0, 0.05) is 57.9 Å². The van der Waals surface area contributed by atoms with Gasteiger partial charge < -0.3 is 24.6 Å². The molecule has 1 aromatic carbocycles. The number of carbonyl (C=O) groups is 3. The highest BCUT2D eigenvalue weighted by Gasteiger charge is 2.35. The molecule has 0 aliphatic carbocycles. The average Bonchev–Trinajstić information content (AvgIpc) is 3.49. The van der Waals surface area contributed by atoms with Gasteiger partial charge in [0.15, 0.2) is 6.61 Å². The molecule has 9 heteroatoms. The first-order valence-electron chi connectivity index (χ1n) is 11.5. The highest BCUT2D eigenvalue weighted by atomic mass is 16.5. The lowest BCUT2D eigenvalue weighted by molar-refractivity contribution is -0.132. The number of hydrogen-bond donors (Lipinski definition) is 1. The van der Waals surface area contributed by atoms with E-state index in [1.165, 1.54) is 0 Å². The Morgan fingerprint density at radius 2 is 1.78 bits per heavy atom. The van der Waals surface area contributed by atoms with Crippen molar-refractivity contribution in [2.24, 2.45) is 5.92 Å². The van der Waals surface area contributed by atoms with Crippen molar-refractivity contribution in [3.8, 4) is 5.75 Å². The zero-order valence-electron chi connectivity index (χ0n) is 18.5. The van der Waals surface area contributed by atoms with Crippen molar-refractivity contribution in [2.75, 3.05) is 70.5 Å². The van der Waals surface area contributed by atoms with E-state index in [2.05, 4.69) is 10.2 Å². The fraction of sp³-hybridized carbons (Fsp3) is 0.609. The molecule has 0 spiro atoms. The summed E-state index contributed by atoms with van der Waals surface area (Å²) in [5.41, 5.74) is 0.733. The molecule has 0 bridgehead atoms. The molecule has 0 unspecified atom stereocenters. The average molecular weight is 445 g/mol. The molecule has 1 aromatic rings. The SMILES string of the molecule is O=C(NCCN1CCOCC1)[C@H]1CC(=O)N(c2ccc(OCC(=O)N3CCCC3)cc2)C1. The van der Waals surface area contributed by atoms with Crippen LogP contribution in [0.3, 0.4) is 0 Å². The predicted molar refractivity (Wildman–Crippen MR) is 118 cm³/mol. The van der Waals surface area contributed by atoms with Crippen LogP contribution >= 0.6 is 0 Å². The first kappa shape index (κ1) is 22.5. The van der Waals surface area contributed by atoms with E-state index in [-0.39, 0.29) is 36.7 Å². The molecule has 1 atom stereocenters. The van der Waals surface area contributed by atoms with Crippen LogP contribution in [0.5, 0.6) is 5.75 Å². The number of likely N-dealkylation sites (tertiary alicyclic amines) is 1. The maximum atomic E-state index is 12.5. The van der Waals surface area contributed by atoms with Crippen LogP contribution in [-0.2, 0) is 19.1 Å². The quantitative estimate of drug-likeness (QED) is 0.628. The lowest BCUT2D eigenvalue weighted by Gasteiger charge is -2.26. The van der Waals surface area contributed by atoms with Gasteiger partial charge in [0.2, 0.25) is 11.8 Å². The van der Waals surface area contributed by atoms with Crippen molar-refractivity contribution >= 4 is 23.4 Å². The summed E-state index contributed by atoms with van der Waals surface area (Å²) in [6, 6.07) is 7.11. The Hall–Kier alpha value is -2.65. The molecule has 3 fully saturated rings. The minimum atomic E-state index is -0.346. The van der Waals surface area contributed by atoms with Crippen LogP contribution in [-0.4, -0.2) is 93.2 Å². The van der Waals surface area contributed by atoms with Gasteiger partial charge in [0.25, 0.3) is 5.91 Å². The second kappa shape index (κ2) is 10.8. The van der Waals surface area contributed by atoms with Gasteiger partial charge >= 0.3 is 0 Å². The second-order valence-electron chi connectivity index (χ2n) is 8.52. The Bertz CT molecular complexity index is 803. The zero-order valence-corrected chi connectivity index (χ0v) is 18.5. The van der Waals surface area contributed by atoms with Crippen LogP contribution in [0.15, 0.2) is 24.3 Å². The molecule has 0 radical (unpaired) electrons. The summed E-state index contributed by atoms with van der Waals surface area (Å²) in [7, 11) is 0. The van der Waals surface area contributed by atoms with Crippen LogP contribution in [0.1, 0.15) is 19.3 Å². The molecule has 32 heavy (non-hydrogen) atoms.